The van der Waals surface area contributed by atoms with E-state index in [-0.39, 0.29) is 11.0 Å². The van der Waals surface area contributed by atoms with Gasteiger partial charge in [-0.3, -0.25) is 14.3 Å². The molecule has 0 bridgehead atoms. The van der Waals surface area contributed by atoms with Crippen LogP contribution in [0.1, 0.15) is 36.2 Å². The molecule has 0 amide bonds. The van der Waals surface area contributed by atoms with Crippen LogP contribution in [0.3, 0.4) is 0 Å². The summed E-state index contributed by atoms with van der Waals surface area (Å²) >= 11 is 1.46. The molecule has 6 nitrogen and oxygen atoms in total. The maximum Gasteiger partial charge on any atom is 0.192 e. The van der Waals surface area contributed by atoms with E-state index in [1.54, 1.807) is 43.8 Å². The Morgan fingerprint density at radius 1 is 1.15 bits per heavy atom. The normalized spacial score (nSPS) is 14.7. The summed E-state index contributed by atoms with van der Waals surface area (Å²) in [7, 11) is 1.61. The van der Waals surface area contributed by atoms with E-state index in [4.69, 9.17) is 4.74 Å². The number of ketones is 1. The number of Topliss-reactive ketones (excluding diaryl/α,β-unsaturated/α-hetero) is 1. The number of hydrogen-bond donors (Lipinski definition) is 0. The van der Waals surface area contributed by atoms with Crippen molar-refractivity contribution >= 4 is 17.5 Å². The molecule has 1 aromatic carbocycles. The Morgan fingerprint density at radius 2 is 1.85 bits per heavy atom. The topological polar surface area (TPSA) is 69.9 Å². The van der Waals surface area contributed by atoms with Crippen molar-refractivity contribution in [1.82, 2.24) is 19.7 Å². The highest BCUT2D eigenvalue weighted by Crippen LogP contribution is 2.41. The van der Waals surface area contributed by atoms with Crippen molar-refractivity contribution in [3.63, 3.8) is 0 Å². The maximum absolute atomic E-state index is 12.8. The van der Waals surface area contributed by atoms with Gasteiger partial charge in [-0.1, -0.05) is 11.8 Å². The molecule has 0 radical (unpaired) electrons. The van der Waals surface area contributed by atoms with Gasteiger partial charge in [0.15, 0.2) is 16.8 Å². The monoisotopic (exact) mass is 380 g/mol. The molecule has 0 saturated heterocycles. The Bertz CT molecular complexity index is 936. The Balaban J connectivity index is 1.57. The molecule has 1 aliphatic carbocycles. The fourth-order valence-corrected chi connectivity index (χ4v) is 3.92. The van der Waals surface area contributed by atoms with Crippen LogP contribution >= 0.6 is 11.8 Å². The molecular formula is C20H20N4O2S. The number of nitrogens with zero attached hydrogens (tertiary/aromatic N) is 4. The van der Waals surface area contributed by atoms with Crippen LogP contribution in [0.4, 0.5) is 0 Å². The van der Waals surface area contributed by atoms with Crippen LogP contribution in [0.5, 0.6) is 5.75 Å². The van der Waals surface area contributed by atoms with E-state index in [1.165, 1.54) is 11.8 Å². The predicted octanol–water partition coefficient (Wildman–Crippen LogP) is 4.05. The summed E-state index contributed by atoms with van der Waals surface area (Å²) in [5.41, 5.74) is 1.66. The number of aromatic nitrogens is 4. The predicted molar refractivity (Wildman–Crippen MR) is 104 cm³/mol. The van der Waals surface area contributed by atoms with Gasteiger partial charge >= 0.3 is 0 Å². The summed E-state index contributed by atoms with van der Waals surface area (Å²) in [6.07, 6.45) is 5.74. The van der Waals surface area contributed by atoms with E-state index in [0.29, 0.717) is 11.6 Å². The zero-order chi connectivity index (χ0) is 18.8. The number of methoxy groups -OCH3 is 1. The van der Waals surface area contributed by atoms with Gasteiger partial charge in [0, 0.05) is 29.6 Å². The van der Waals surface area contributed by atoms with Gasteiger partial charge in [0.25, 0.3) is 0 Å². The second-order valence-electron chi connectivity index (χ2n) is 6.50. The van der Waals surface area contributed by atoms with Crippen LogP contribution in [0.25, 0.3) is 11.4 Å². The average molecular weight is 380 g/mol. The Kier molecular flexibility index (Phi) is 4.94. The van der Waals surface area contributed by atoms with E-state index in [9.17, 15) is 4.79 Å². The first-order valence-corrected chi connectivity index (χ1v) is 9.75. The van der Waals surface area contributed by atoms with E-state index in [2.05, 4.69) is 19.7 Å². The molecule has 1 aliphatic rings. The van der Waals surface area contributed by atoms with Crippen LogP contribution in [-0.2, 0) is 0 Å². The van der Waals surface area contributed by atoms with Crippen LogP contribution in [0.2, 0.25) is 0 Å². The number of benzene rings is 1. The first kappa shape index (κ1) is 17.7. The number of ether oxygens (including phenoxy) is 1. The second-order valence-corrected chi connectivity index (χ2v) is 7.80. The summed E-state index contributed by atoms with van der Waals surface area (Å²) in [6, 6.07) is 11.5. The lowest BCUT2D eigenvalue weighted by molar-refractivity contribution is 0.0994. The van der Waals surface area contributed by atoms with Gasteiger partial charge in [-0.05, 0) is 56.2 Å². The third-order valence-corrected chi connectivity index (χ3v) is 5.60. The van der Waals surface area contributed by atoms with Crippen molar-refractivity contribution in [2.24, 2.45) is 0 Å². The van der Waals surface area contributed by atoms with E-state index in [1.807, 2.05) is 19.1 Å². The fourth-order valence-electron chi connectivity index (χ4n) is 2.92. The number of rotatable bonds is 7. The highest BCUT2D eigenvalue weighted by Gasteiger charge is 2.31. The Hall–Kier alpha value is -2.67. The second kappa shape index (κ2) is 7.52. The lowest BCUT2D eigenvalue weighted by Crippen LogP contribution is -2.14. The van der Waals surface area contributed by atoms with Crippen molar-refractivity contribution in [3.8, 4) is 17.1 Å². The summed E-state index contributed by atoms with van der Waals surface area (Å²) in [5, 5.41) is 9.30. The van der Waals surface area contributed by atoms with Crippen molar-refractivity contribution in [3.05, 3.63) is 54.4 Å². The molecule has 1 atom stereocenters. The molecule has 27 heavy (non-hydrogen) atoms. The minimum atomic E-state index is -0.259. The standard InChI is InChI=1S/C20H20N4O2S/c1-13(18(25)14-3-7-17(26-2)8-4-14)27-20-23-22-19(24(20)16-5-6-16)15-9-11-21-12-10-15/h3-4,7-13,16H,5-6H2,1-2H3/t13-/m0/s1. The molecule has 4 rings (SSSR count). The summed E-state index contributed by atoms with van der Waals surface area (Å²) < 4.78 is 7.32. The van der Waals surface area contributed by atoms with Crippen LogP contribution < -0.4 is 4.74 Å². The highest BCUT2D eigenvalue weighted by atomic mass is 32.2. The SMILES string of the molecule is COc1ccc(C(=O)[C@H](C)Sc2nnc(-c3ccncc3)n2C2CC2)cc1. The van der Waals surface area contributed by atoms with E-state index in [0.717, 1.165) is 35.1 Å². The molecule has 7 heteroatoms. The van der Waals surface area contributed by atoms with Gasteiger partial charge in [-0.15, -0.1) is 10.2 Å². The number of thioether (sulfide) groups is 1. The molecule has 2 heterocycles. The Morgan fingerprint density at radius 3 is 2.48 bits per heavy atom. The fraction of sp³-hybridized carbons (Fsp3) is 0.300. The molecule has 0 aliphatic heterocycles. The van der Waals surface area contributed by atoms with E-state index >= 15 is 0 Å². The smallest absolute Gasteiger partial charge is 0.192 e. The molecule has 0 N–H and O–H groups in total. The zero-order valence-electron chi connectivity index (χ0n) is 15.2. The van der Waals surface area contributed by atoms with Gasteiger partial charge < -0.3 is 4.74 Å². The lowest BCUT2D eigenvalue weighted by Gasteiger charge is -2.12. The maximum atomic E-state index is 12.8. The molecule has 1 saturated carbocycles. The lowest BCUT2D eigenvalue weighted by atomic mass is 10.1. The molecule has 0 spiro atoms. The van der Waals surface area contributed by atoms with Crippen molar-refractivity contribution in [1.29, 1.82) is 0 Å². The minimum absolute atomic E-state index is 0.0680. The number of carbonyl (C=O) groups excluding carboxylic acids is 1. The van der Waals surface area contributed by atoms with Gasteiger partial charge in [0.1, 0.15) is 5.75 Å². The van der Waals surface area contributed by atoms with Gasteiger partial charge in [0.05, 0.1) is 12.4 Å². The third-order valence-electron chi connectivity index (χ3n) is 4.54. The van der Waals surface area contributed by atoms with Gasteiger partial charge in [-0.2, -0.15) is 0 Å². The molecule has 3 aromatic rings. The summed E-state index contributed by atoms with van der Waals surface area (Å²) in [5.74, 6) is 1.65. The van der Waals surface area contributed by atoms with Gasteiger partial charge in [-0.25, -0.2) is 0 Å². The quantitative estimate of drug-likeness (QED) is 0.455. The van der Waals surface area contributed by atoms with Crippen molar-refractivity contribution < 1.29 is 9.53 Å². The molecule has 1 fully saturated rings. The molecule has 2 aromatic heterocycles. The zero-order valence-corrected chi connectivity index (χ0v) is 16.0. The largest absolute Gasteiger partial charge is 0.497 e. The first-order chi connectivity index (χ1) is 13.2. The average Bonchev–Trinajstić information content (AvgIpc) is 3.48. The van der Waals surface area contributed by atoms with Crippen LogP contribution in [-0.4, -0.2) is 37.9 Å². The molecular weight excluding hydrogens is 360 g/mol. The Labute approximate surface area is 162 Å². The van der Waals surface area contributed by atoms with Crippen LogP contribution in [0.15, 0.2) is 53.9 Å². The first-order valence-electron chi connectivity index (χ1n) is 8.87. The van der Waals surface area contributed by atoms with Crippen LogP contribution in [0, 0.1) is 0 Å². The molecule has 138 valence electrons. The van der Waals surface area contributed by atoms with Crippen molar-refractivity contribution in [2.75, 3.05) is 7.11 Å². The summed E-state index contributed by atoms with van der Waals surface area (Å²) in [6.45, 7) is 1.91. The summed E-state index contributed by atoms with van der Waals surface area (Å²) in [4.78, 5) is 16.9. The number of pyridine rings is 1. The molecule has 0 unspecified atom stereocenters. The van der Waals surface area contributed by atoms with E-state index < -0.39 is 0 Å². The van der Waals surface area contributed by atoms with Gasteiger partial charge in [0.2, 0.25) is 0 Å². The van der Waals surface area contributed by atoms with Crippen molar-refractivity contribution in [2.45, 2.75) is 36.2 Å². The third kappa shape index (κ3) is 3.73. The number of hydrogen-bond acceptors (Lipinski definition) is 6. The highest BCUT2D eigenvalue weighted by molar-refractivity contribution is 8.00. The number of carbonyl (C=O) groups is 1. The minimum Gasteiger partial charge on any atom is -0.497 e.